The molecule has 6 heteroatoms. The predicted octanol–water partition coefficient (Wildman–Crippen LogP) is 3.77. The van der Waals surface area contributed by atoms with Gasteiger partial charge in [0.2, 0.25) is 11.6 Å². The zero-order valence-corrected chi connectivity index (χ0v) is 18.6. The van der Waals surface area contributed by atoms with Crippen LogP contribution in [0.5, 0.6) is 5.75 Å². The van der Waals surface area contributed by atoms with E-state index >= 15 is 0 Å². The Morgan fingerprint density at radius 3 is 2.47 bits per heavy atom. The number of hydrogen-bond acceptors (Lipinski definition) is 6. The van der Waals surface area contributed by atoms with Crippen LogP contribution in [0.3, 0.4) is 0 Å². The first-order chi connectivity index (χ1) is 14.3. The minimum atomic E-state index is -0.577. The molecule has 6 nitrogen and oxygen atoms in total. The van der Waals surface area contributed by atoms with Crippen molar-refractivity contribution in [1.82, 2.24) is 10.6 Å². The number of hydrogen-bond donors (Lipinski definition) is 2. The molecule has 164 valence electrons. The highest BCUT2D eigenvalue weighted by molar-refractivity contribution is 5.42. The number of allylic oxidation sites excluding steroid dienone is 1. The third-order valence-corrected chi connectivity index (χ3v) is 5.60. The number of benzene rings is 1. The molecular formula is C24H34N2O4. The van der Waals surface area contributed by atoms with Crippen LogP contribution in [-0.2, 0) is 27.4 Å². The van der Waals surface area contributed by atoms with Gasteiger partial charge in [0.1, 0.15) is 11.5 Å². The van der Waals surface area contributed by atoms with E-state index in [1.165, 1.54) is 16.7 Å². The van der Waals surface area contributed by atoms with Crippen LogP contribution < -0.4 is 15.4 Å². The Balaban J connectivity index is 1.23. The van der Waals surface area contributed by atoms with E-state index in [1.807, 2.05) is 27.7 Å². The summed E-state index contributed by atoms with van der Waals surface area (Å²) in [6.45, 7) is 12.4. The van der Waals surface area contributed by atoms with E-state index in [0.717, 1.165) is 56.1 Å². The lowest BCUT2D eigenvalue weighted by Crippen LogP contribution is -2.37. The van der Waals surface area contributed by atoms with Crippen molar-refractivity contribution in [1.29, 1.82) is 0 Å². The molecule has 0 atom stereocenters. The van der Waals surface area contributed by atoms with Crippen molar-refractivity contribution in [2.24, 2.45) is 0 Å². The highest BCUT2D eigenvalue weighted by Gasteiger charge is 2.32. The Morgan fingerprint density at radius 1 is 0.900 bits per heavy atom. The molecule has 0 amide bonds. The van der Waals surface area contributed by atoms with Gasteiger partial charge in [-0.3, -0.25) is 0 Å². The Bertz CT molecular complexity index is 842. The van der Waals surface area contributed by atoms with Gasteiger partial charge in [-0.2, -0.15) is 0 Å². The average molecular weight is 415 g/mol. The third kappa shape index (κ3) is 5.06. The molecule has 0 aromatic heterocycles. The fourth-order valence-electron chi connectivity index (χ4n) is 3.99. The molecule has 0 radical (unpaired) electrons. The Kier molecular flexibility index (Phi) is 6.21. The lowest BCUT2D eigenvalue weighted by Gasteiger charge is -2.36. The highest BCUT2D eigenvalue weighted by atomic mass is 16.7. The maximum Gasteiger partial charge on any atom is 0.205 e. The standard InChI is InChI=1S/C24H34N2O4/c1-23(2)27-15-19-9-5-7-17(21(19)29-23)13-25-11-12-26-14-18-8-6-10-20-16-28-24(3,4)30-22(18)20/h5,7-9,25-26H,6,10-16H2,1-4H3. The molecule has 0 saturated carbocycles. The SMILES string of the molecule is CC1(C)OCC2=C(O1)C(CNCCNCc1cccc3c1OC(C)(C)OC3)=CCC2. The van der Waals surface area contributed by atoms with Gasteiger partial charge in [0.05, 0.1) is 13.2 Å². The second-order valence-electron chi connectivity index (χ2n) is 9.04. The topological polar surface area (TPSA) is 61.0 Å². The highest BCUT2D eigenvalue weighted by Crippen LogP contribution is 2.35. The van der Waals surface area contributed by atoms with Crippen LogP contribution in [-0.4, -0.2) is 37.8 Å². The molecule has 2 heterocycles. The second-order valence-corrected chi connectivity index (χ2v) is 9.04. The predicted molar refractivity (Wildman–Crippen MR) is 116 cm³/mol. The van der Waals surface area contributed by atoms with Crippen molar-refractivity contribution < 1.29 is 18.9 Å². The molecule has 2 N–H and O–H groups in total. The first-order valence-electron chi connectivity index (χ1n) is 10.9. The Labute approximate surface area is 179 Å². The number of para-hydroxylation sites is 1. The van der Waals surface area contributed by atoms with Gasteiger partial charge >= 0.3 is 0 Å². The van der Waals surface area contributed by atoms with Crippen LogP contribution in [0.15, 0.2) is 41.2 Å². The summed E-state index contributed by atoms with van der Waals surface area (Å²) in [4.78, 5) is 0. The molecule has 0 fully saturated rings. The molecule has 1 aliphatic carbocycles. The zero-order chi connectivity index (χ0) is 21.2. The largest absolute Gasteiger partial charge is 0.463 e. The van der Waals surface area contributed by atoms with E-state index in [4.69, 9.17) is 18.9 Å². The zero-order valence-electron chi connectivity index (χ0n) is 18.6. The maximum absolute atomic E-state index is 6.11. The summed E-state index contributed by atoms with van der Waals surface area (Å²) in [5, 5.41) is 7.06. The maximum atomic E-state index is 6.11. The molecule has 30 heavy (non-hydrogen) atoms. The van der Waals surface area contributed by atoms with Gasteiger partial charge in [0.25, 0.3) is 0 Å². The molecule has 0 spiro atoms. The smallest absolute Gasteiger partial charge is 0.205 e. The van der Waals surface area contributed by atoms with Crippen LogP contribution in [0, 0.1) is 0 Å². The lowest BCUT2D eigenvalue weighted by atomic mass is 9.96. The number of fused-ring (bicyclic) bond motifs is 1. The van der Waals surface area contributed by atoms with Crippen molar-refractivity contribution in [2.75, 3.05) is 26.2 Å². The average Bonchev–Trinajstić information content (AvgIpc) is 2.70. The van der Waals surface area contributed by atoms with Gasteiger partial charge in [-0.05, 0) is 18.4 Å². The molecule has 0 saturated heterocycles. The first-order valence-corrected chi connectivity index (χ1v) is 10.9. The van der Waals surface area contributed by atoms with E-state index in [-0.39, 0.29) is 0 Å². The van der Waals surface area contributed by atoms with E-state index in [9.17, 15) is 0 Å². The molecule has 1 aromatic rings. The summed E-state index contributed by atoms with van der Waals surface area (Å²) in [6.07, 6.45) is 4.38. The van der Waals surface area contributed by atoms with E-state index in [1.54, 1.807) is 0 Å². The minimum absolute atomic E-state index is 0.548. The molecule has 4 rings (SSSR count). The van der Waals surface area contributed by atoms with Gasteiger partial charge in [-0.1, -0.05) is 24.3 Å². The molecule has 3 aliphatic rings. The van der Waals surface area contributed by atoms with Gasteiger partial charge in [-0.15, -0.1) is 0 Å². The van der Waals surface area contributed by atoms with Crippen molar-refractivity contribution in [3.63, 3.8) is 0 Å². The second kappa shape index (κ2) is 8.71. The summed E-state index contributed by atoms with van der Waals surface area (Å²) in [5.41, 5.74) is 4.82. The van der Waals surface area contributed by atoms with Crippen LogP contribution in [0.4, 0.5) is 0 Å². The lowest BCUT2D eigenvalue weighted by molar-refractivity contribution is -0.199. The molecule has 2 aliphatic heterocycles. The van der Waals surface area contributed by atoms with Crippen molar-refractivity contribution in [3.05, 3.63) is 52.3 Å². The van der Waals surface area contributed by atoms with Crippen LogP contribution >= 0.6 is 0 Å². The van der Waals surface area contributed by atoms with Crippen LogP contribution in [0.1, 0.15) is 51.7 Å². The molecule has 0 bridgehead atoms. The van der Waals surface area contributed by atoms with E-state index in [2.05, 4.69) is 34.9 Å². The number of rotatable bonds is 7. The normalized spacial score (nSPS) is 21.8. The fourth-order valence-corrected chi connectivity index (χ4v) is 3.99. The first kappa shape index (κ1) is 21.4. The van der Waals surface area contributed by atoms with E-state index < -0.39 is 11.6 Å². The van der Waals surface area contributed by atoms with Crippen molar-refractivity contribution in [3.8, 4) is 5.75 Å². The minimum Gasteiger partial charge on any atom is -0.463 e. The van der Waals surface area contributed by atoms with Crippen molar-refractivity contribution >= 4 is 0 Å². The monoisotopic (exact) mass is 414 g/mol. The van der Waals surface area contributed by atoms with Gasteiger partial charge < -0.3 is 29.6 Å². The summed E-state index contributed by atoms with van der Waals surface area (Å²) in [6, 6.07) is 6.25. The van der Waals surface area contributed by atoms with Gasteiger partial charge in [-0.25, -0.2) is 0 Å². The fraction of sp³-hybridized carbons (Fsp3) is 0.583. The number of nitrogens with one attached hydrogen (secondary N) is 2. The summed E-state index contributed by atoms with van der Waals surface area (Å²) >= 11 is 0. The molecule has 0 unspecified atom stereocenters. The summed E-state index contributed by atoms with van der Waals surface area (Å²) in [5.74, 6) is 0.871. The molecular weight excluding hydrogens is 380 g/mol. The number of ether oxygens (including phenoxy) is 4. The van der Waals surface area contributed by atoms with Crippen molar-refractivity contribution in [2.45, 2.75) is 65.3 Å². The summed E-state index contributed by atoms with van der Waals surface area (Å²) < 4.78 is 23.7. The molecule has 1 aromatic carbocycles. The van der Waals surface area contributed by atoms with Gasteiger partial charge in [0.15, 0.2) is 0 Å². The van der Waals surface area contributed by atoms with Crippen LogP contribution in [0.25, 0.3) is 0 Å². The Morgan fingerprint density at radius 2 is 1.63 bits per heavy atom. The van der Waals surface area contributed by atoms with Gasteiger partial charge in [0, 0.05) is 70.6 Å². The van der Waals surface area contributed by atoms with Crippen LogP contribution in [0.2, 0.25) is 0 Å². The summed E-state index contributed by atoms with van der Waals surface area (Å²) in [7, 11) is 0. The third-order valence-electron chi connectivity index (χ3n) is 5.60. The Hall–Kier alpha value is -1.86. The quantitative estimate of drug-likeness (QED) is 0.663. The van der Waals surface area contributed by atoms with E-state index in [0.29, 0.717) is 13.2 Å².